The third-order valence-electron chi connectivity index (χ3n) is 0.768. The van der Waals surface area contributed by atoms with Gasteiger partial charge in [0.25, 0.3) is 0 Å². The van der Waals surface area contributed by atoms with Gasteiger partial charge in [-0.25, -0.2) is 8.78 Å². The van der Waals surface area contributed by atoms with Gasteiger partial charge >= 0.3 is 0 Å². The topological polar surface area (TPSA) is 0 Å². The summed E-state index contributed by atoms with van der Waals surface area (Å²) < 4.78 is 24.6. The highest BCUT2D eigenvalue weighted by atomic mass is 79.9. The highest BCUT2D eigenvalue weighted by molar-refractivity contribution is 9.10. The summed E-state index contributed by atoms with van der Waals surface area (Å²) in [6, 6.07) is 4.13. The minimum Gasteiger partial charge on any atom is -0.206 e. The van der Waals surface area contributed by atoms with Gasteiger partial charge in [0, 0.05) is 4.47 Å². The van der Waals surface area contributed by atoms with Gasteiger partial charge in [0.2, 0.25) is 0 Å². The Morgan fingerprint density at radius 1 is 1.22 bits per heavy atom. The van der Waals surface area contributed by atoms with Crippen molar-refractivity contribution in [2.45, 2.75) is 0 Å². The van der Waals surface area contributed by atoms with Gasteiger partial charge in [-0.1, -0.05) is 15.9 Å². The summed E-state index contributed by atoms with van der Waals surface area (Å²) in [4.78, 5) is 0. The van der Waals surface area contributed by atoms with Crippen molar-refractivity contribution < 1.29 is 8.78 Å². The molecule has 0 saturated carbocycles. The number of halogens is 3. The molecule has 9 heavy (non-hydrogen) atoms. The molecule has 0 amide bonds. The van der Waals surface area contributed by atoms with Crippen LogP contribution in [0.4, 0.5) is 8.78 Å². The van der Waals surface area contributed by atoms with Crippen LogP contribution in [0.1, 0.15) is 0 Å². The van der Waals surface area contributed by atoms with E-state index >= 15 is 0 Å². The molecule has 0 fully saturated rings. The molecule has 0 atom stereocenters. The van der Waals surface area contributed by atoms with Crippen molar-refractivity contribution in [3.05, 3.63) is 34.3 Å². The molecule has 1 rings (SSSR count). The van der Waals surface area contributed by atoms with Crippen LogP contribution in [0.15, 0.2) is 16.6 Å². The van der Waals surface area contributed by atoms with Gasteiger partial charge < -0.3 is 0 Å². The van der Waals surface area contributed by atoms with Crippen LogP contribution in [-0.4, -0.2) is 0 Å². The van der Waals surface area contributed by atoms with Crippen LogP contribution >= 0.6 is 15.9 Å². The van der Waals surface area contributed by atoms with Crippen molar-refractivity contribution in [1.82, 2.24) is 0 Å². The molecule has 0 aliphatic heterocycles. The Bertz CT molecular complexity index is 172. The average molecular weight is 192 g/mol. The third-order valence-corrected chi connectivity index (χ3v) is 1.23. The zero-order valence-electron chi connectivity index (χ0n) is 4.29. The Kier molecular flexibility index (Phi) is 1.81. The summed E-state index contributed by atoms with van der Waals surface area (Å²) in [6.07, 6.45) is 0. The Hall–Kier alpha value is -0.440. The van der Waals surface area contributed by atoms with Crippen LogP contribution in [-0.2, 0) is 0 Å². The van der Waals surface area contributed by atoms with Gasteiger partial charge in [0.15, 0.2) is 0 Å². The number of hydrogen-bond donors (Lipinski definition) is 0. The van der Waals surface area contributed by atoms with E-state index in [2.05, 4.69) is 15.9 Å². The number of hydrogen-bond acceptors (Lipinski definition) is 0. The van der Waals surface area contributed by atoms with Crippen molar-refractivity contribution in [2.75, 3.05) is 0 Å². The Labute approximate surface area is 59.6 Å². The molecule has 3 heteroatoms. The largest absolute Gasteiger partial charge is 0.206 e. The summed E-state index contributed by atoms with van der Waals surface area (Å²) in [7, 11) is 0. The number of benzene rings is 1. The van der Waals surface area contributed by atoms with E-state index in [-0.39, 0.29) is 0 Å². The molecular weight excluding hydrogens is 190 g/mol. The average Bonchev–Trinajstić information content (AvgIpc) is 1.59. The van der Waals surface area contributed by atoms with Gasteiger partial charge in [-0.05, 0) is 12.1 Å². The van der Waals surface area contributed by atoms with Gasteiger partial charge in [0.1, 0.15) is 11.6 Å². The van der Waals surface area contributed by atoms with Crippen molar-refractivity contribution in [3.63, 3.8) is 0 Å². The fraction of sp³-hybridized carbons (Fsp3) is 0. The van der Waals surface area contributed by atoms with Crippen molar-refractivity contribution in [3.8, 4) is 0 Å². The smallest absolute Gasteiger partial charge is 0.135 e. The summed E-state index contributed by atoms with van der Waals surface area (Å²) >= 11 is 2.91. The lowest BCUT2D eigenvalue weighted by Crippen LogP contribution is -1.78. The summed E-state index contributed by atoms with van der Waals surface area (Å²) in [6.45, 7) is 0. The molecule has 0 N–H and O–H groups in total. The van der Waals surface area contributed by atoms with E-state index in [0.29, 0.717) is 4.47 Å². The standard InChI is InChI=1S/C6H2BrF2/c7-4-1-5(8)3-6(9)2-4/h1-2H. The quantitative estimate of drug-likeness (QED) is 0.592. The second-order valence-electron chi connectivity index (χ2n) is 1.49. The number of rotatable bonds is 0. The zero-order chi connectivity index (χ0) is 6.85. The highest BCUT2D eigenvalue weighted by Gasteiger charge is 1.96. The van der Waals surface area contributed by atoms with E-state index < -0.39 is 11.6 Å². The first-order valence-corrected chi connectivity index (χ1v) is 3.01. The van der Waals surface area contributed by atoms with Gasteiger partial charge in [-0.2, -0.15) is 0 Å². The maximum absolute atomic E-state index is 12.1. The second kappa shape index (κ2) is 2.43. The van der Waals surface area contributed by atoms with Crippen molar-refractivity contribution in [2.24, 2.45) is 0 Å². The molecule has 47 valence electrons. The first-order valence-electron chi connectivity index (χ1n) is 2.22. The maximum atomic E-state index is 12.1. The third kappa shape index (κ3) is 1.75. The van der Waals surface area contributed by atoms with E-state index in [0.717, 1.165) is 12.1 Å². The van der Waals surface area contributed by atoms with Crippen LogP contribution in [0.5, 0.6) is 0 Å². The highest BCUT2D eigenvalue weighted by Crippen LogP contribution is 2.12. The lowest BCUT2D eigenvalue weighted by Gasteiger charge is -1.89. The normalized spacial score (nSPS) is 9.67. The van der Waals surface area contributed by atoms with Gasteiger partial charge in [-0.15, -0.1) is 0 Å². The van der Waals surface area contributed by atoms with Crippen LogP contribution in [0, 0.1) is 17.7 Å². The molecule has 0 spiro atoms. The molecule has 0 saturated heterocycles. The Morgan fingerprint density at radius 3 is 2.00 bits per heavy atom. The molecule has 0 unspecified atom stereocenters. The van der Waals surface area contributed by atoms with Crippen LogP contribution in [0.25, 0.3) is 0 Å². The van der Waals surface area contributed by atoms with E-state index in [1.54, 1.807) is 0 Å². The Balaban J connectivity index is 3.17. The first kappa shape index (κ1) is 6.68. The monoisotopic (exact) mass is 191 g/mol. The predicted octanol–water partition coefficient (Wildman–Crippen LogP) is 2.53. The molecular formula is C6H2BrF2. The van der Waals surface area contributed by atoms with Crippen LogP contribution in [0.3, 0.4) is 0 Å². The van der Waals surface area contributed by atoms with Gasteiger partial charge in [0.05, 0.1) is 6.07 Å². The van der Waals surface area contributed by atoms with E-state index in [4.69, 9.17) is 0 Å². The molecule has 0 bridgehead atoms. The van der Waals surface area contributed by atoms with Crippen molar-refractivity contribution >= 4 is 15.9 Å². The fourth-order valence-electron chi connectivity index (χ4n) is 0.470. The Morgan fingerprint density at radius 2 is 1.67 bits per heavy atom. The molecule has 0 nitrogen and oxygen atoms in total. The van der Waals surface area contributed by atoms with Crippen LogP contribution < -0.4 is 0 Å². The van der Waals surface area contributed by atoms with E-state index in [1.807, 2.05) is 6.07 Å². The second-order valence-corrected chi connectivity index (χ2v) is 2.41. The molecule has 0 aliphatic rings. The molecule has 1 aromatic rings. The molecule has 1 radical (unpaired) electrons. The van der Waals surface area contributed by atoms with E-state index in [1.165, 1.54) is 0 Å². The van der Waals surface area contributed by atoms with Gasteiger partial charge in [-0.3, -0.25) is 0 Å². The van der Waals surface area contributed by atoms with E-state index in [9.17, 15) is 8.78 Å². The lowest BCUT2D eigenvalue weighted by molar-refractivity contribution is 0.578. The lowest BCUT2D eigenvalue weighted by atomic mass is 10.3. The zero-order valence-corrected chi connectivity index (χ0v) is 5.87. The minimum atomic E-state index is -0.693. The van der Waals surface area contributed by atoms with Crippen molar-refractivity contribution in [1.29, 1.82) is 0 Å². The molecule has 0 aliphatic carbocycles. The summed E-state index contributed by atoms with van der Waals surface area (Å²) in [5.74, 6) is -1.39. The molecule has 0 heterocycles. The molecule has 0 aromatic heterocycles. The predicted molar refractivity (Wildman–Crippen MR) is 32.9 cm³/mol. The summed E-state index contributed by atoms with van der Waals surface area (Å²) in [5, 5.41) is 0. The first-order chi connectivity index (χ1) is 4.18. The minimum absolute atomic E-state index is 0.385. The fourth-order valence-corrected chi connectivity index (χ4v) is 0.872. The SMILES string of the molecule is Fc1[c]c(F)cc(Br)c1. The molecule has 1 aromatic carbocycles. The van der Waals surface area contributed by atoms with Crippen LogP contribution in [0.2, 0.25) is 0 Å². The summed E-state index contributed by atoms with van der Waals surface area (Å²) in [5.41, 5.74) is 0. The maximum Gasteiger partial charge on any atom is 0.135 e.